The van der Waals surface area contributed by atoms with Gasteiger partial charge in [0.25, 0.3) is 5.91 Å². The molecule has 130 valence electrons. The molecule has 2 aliphatic heterocycles. The number of imide groups is 1. The van der Waals surface area contributed by atoms with E-state index in [0.717, 1.165) is 4.90 Å². The van der Waals surface area contributed by atoms with E-state index in [1.165, 1.54) is 0 Å². The highest BCUT2D eigenvalue weighted by Gasteiger charge is 2.55. The average Bonchev–Trinajstić information content (AvgIpc) is 3.16. The van der Waals surface area contributed by atoms with E-state index >= 15 is 0 Å². The number of fused-ring (bicyclic) bond motifs is 2. The first-order chi connectivity index (χ1) is 12.0. The van der Waals surface area contributed by atoms with Gasteiger partial charge in [0, 0.05) is 17.9 Å². The molecule has 3 heterocycles. The predicted octanol–water partition coefficient (Wildman–Crippen LogP) is 1.92. The maximum absolute atomic E-state index is 13.1. The van der Waals surface area contributed by atoms with Crippen molar-refractivity contribution in [3.05, 3.63) is 41.5 Å². The normalized spacial score (nSPS) is 22.3. The van der Waals surface area contributed by atoms with Crippen molar-refractivity contribution in [1.82, 2.24) is 20.4 Å². The number of nitrogens with one attached hydrogen (secondary N) is 1. The summed E-state index contributed by atoms with van der Waals surface area (Å²) < 4.78 is 10.8. The molecule has 1 aromatic carbocycles. The molecule has 1 N–H and O–H groups in total. The van der Waals surface area contributed by atoms with Crippen LogP contribution in [-0.4, -0.2) is 33.6 Å². The third-order valence-corrected chi connectivity index (χ3v) is 4.55. The fraction of sp³-hybridized carbons (Fsp3) is 0.412. The van der Waals surface area contributed by atoms with Crippen LogP contribution in [0.15, 0.2) is 28.8 Å². The average molecular weight is 342 g/mol. The second-order valence-corrected chi connectivity index (χ2v) is 6.52. The summed E-state index contributed by atoms with van der Waals surface area (Å²) in [6.45, 7) is 4.19. The number of para-hydroxylation sites is 1. The number of rotatable bonds is 3. The van der Waals surface area contributed by atoms with Crippen LogP contribution >= 0.6 is 0 Å². The molecule has 8 heteroatoms. The summed E-state index contributed by atoms with van der Waals surface area (Å²) in [4.78, 5) is 30.9. The van der Waals surface area contributed by atoms with Crippen molar-refractivity contribution in [3.8, 4) is 5.75 Å². The number of nitrogens with zero attached hydrogens (tertiary/aromatic N) is 3. The molecule has 25 heavy (non-hydrogen) atoms. The SMILES string of the molecule is CC(C)c1noc(CN2C(=O)N[C@]3(CCOc4ccccc43)C2=O)n1. The van der Waals surface area contributed by atoms with Gasteiger partial charge in [-0.1, -0.05) is 37.2 Å². The van der Waals surface area contributed by atoms with Crippen molar-refractivity contribution in [2.24, 2.45) is 0 Å². The molecule has 0 unspecified atom stereocenters. The van der Waals surface area contributed by atoms with Crippen LogP contribution in [-0.2, 0) is 16.9 Å². The van der Waals surface area contributed by atoms with Gasteiger partial charge in [0.2, 0.25) is 5.89 Å². The predicted molar refractivity (Wildman–Crippen MR) is 85.7 cm³/mol. The Balaban J connectivity index is 1.65. The molecular formula is C17H18N4O4. The maximum Gasteiger partial charge on any atom is 0.325 e. The fourth-order valence-electron chi connectivity index (χ4n) is 3.22. The van der Waals surface area contributed by atoms with E-state index in [-0.39, 0.29) is 24.3 Å². The van der Waals surface area contributed by atoms with Crippen molar-refractivity contribution in [1.29, 1.82) is 0 Å². The molecule has 1 fully saturated rings. The van der Waals surface area contributed by atoms with Crippen LogP contribution in [0.5, 0.6) is 5.75 Å². The molecule has 0 aliphatic carbocycles. The lowest BCUT2D eigenvalue weighted by Crippen LogP contribution is -2.47. The number of aromatic nitrogens is 2. The Bertz CT molecular complexity index is 847. The second kappa shape index (κ2) is 5.58. The first-order valence-electron chi connectivity index (χ1n) is 8.20. The van der Waals surface area contributed by atoms with Gasteiger partial charge in [-0.15, -0.1) is 0 Å². The Morgan fingerprint density at radius 1 is 1.32 bits per heavy atom. The van der Waals surface area contributed by atoms with Gasteiger partial charge < -0.3 is 14.6 Å². The number of benzene rings is 1. The van der Waals surface area contributed by atoms with Crippen LogP contribution in [0.4, 0.5) is 4.79 Å². The lowest BCUT2D eigenvalue weighted by Gasteiger charge is -2.33. The van der Waals surface area contributed by atoms with E-state index in [4.69, 9.17) is 9.26 Å². The summed E-state index contributed by atoms with van der Waals surface area (Å²) in [6.07, 6.45) is 0.381. The van der Waals surface area contributed by atoms with E-state index in [1.54, 1.807) is 12.1 Å². The van der Waals surface area contributed by atoms with Gasteiger partial charge in [0.15, 0.2) is 11.4 Å². The zero-order valence-electron chi connectivity index (χ0n) is 14.0. The Kier molecular flexibility index (Phi) is 3.48. The van der Waals surface area contributed by atoms with E-state index < -0.39 is 11.6 Å². The van der Waals surface area contributed by atoms with Gasteiger partial charge in [-0.05, 0) is 6.07 Å². The third-order valence-electron chi connectivity index (χ3n) is 4.55. The number of urea groups is 1. The minimum Gasteiger partial charge on any atom is -0.493 e. The van der Waals surface area contributed by atoms with Crippen molar-refractivity contribution >= 4 is 11.9 Å². The van der Waals surface area contributed by atoms with E-state index in [1.807, 2.05) is 26.0 Å². The standard InChI is InChI=1S/C17H18N4O4/c1-10(2)14-18-13(25-20-14)9-21-15(22)17(19-16(21)23)7-8-24-12-6-4-3-5-11(12)17/h3-6,10H,7-9H2,1-2H3,(H,19,23)/t17-/m0/s1. The smallest absolute Gasteiger partial charge is 0.325 e. The zero-order chi connectivity index (χ0) is 17.6. The number of hydrogen-bond acceptors (Lipinski definition) is 6. The molecule has 2 aliphatic rings. The van der Waals surface area contributed by atoms with Crippen molar-refractivity contribution in [2.45, 2.75) is 38.3 Å². The first-order valence-corrected chi connectivity index (χ1v) is 8.20. The molecule has 8 nitrogen and oxygen atoms in total. The molecule has 2 aromatic rings. The number of hydrogen-bond donors (Lipinski definition) is 1. The van der Waals surface area contributed by atoms with Crippen LogP contribution in [0, 0.1) is 0 Å². The van der Waals surface area contributed by atoms with E-state index in [0.29, 0.717) is 30.2 Å². The summed E-state index contributed by atoms with van der Waals surface area (Å²) in [5.41, 5.74) is -0.414. The molecule has 1 saturated heterocycles. The van der Waals surface area contributed by atoms with Crippen LogP contribution < -0.4 is 10.1 Å². The monoisotopic (exact) mass is 342 g/mol. The molecule has 0 radical (unpaired) electrons. The highest BCUT2D eigenvalue weighted by molar-refractivity contribution is 6.07. The Labute approximate surface area is 144 Å². The van der Waals surface area contributed by atoms with Gasteiger partial charge in [0.05, 0.1) is 6.61 Å². The van der Waals surface area contributed by atoms with Gasteiger partial charge in [-0.3, -0.25) is 9.69 Å². The summed E-state index contributed by atoms with van der Waals surface area (Å²) in [7, 11) is 0. The molecule has 0 bridgehead atoms. The summed E-state index contributed by atoms with van der Waals surface area (Å²) >= 11 is 0. The molecule has 1 spiro atoms. The summed E-state index contributed by atoms with van der Waals surface area (Å²) in [6, 6.07) is 6.80. The Hall–Kier alpha value is -2.90. The van der Waals surface area contributed by atoms with E-state index in [9.17, 15) is 9.59 Å². The molecule has 3 amide bonds. The number of ether oxygens (including phenoxy) is 1. The van der Waals surface area contributed by atoms with E-state index in [2.05, 4.69) is 15.5 Å². The van der Waals surface area contributed by atoms with Crippen molar-refractivity contribution < 1.29 is 18.8 Å². The molecule has 1 atom stereocenters. The van der Waals surface area contributed by atoms with Crippen molar-refractivity contribution in [2.75, 3.05) is 6.61 Å². The van der Waals surface area contributed by atoms with Crippen molar-refractivity contribution in [3.63, 3.8) is 0 Å². The largest absolute Gasteiger partial charge is 0.493 e. The summed E-state index contributed by atoms with van der Waals surface area (Å²) in [5.74, 6) is 1.19. The minimum absolute atomic E-state index is 0.0465. The first kappa shape index (κ1) is 15.6. The van der Waals surface area contributed by atoms with Crippen LogP contribution in [0.25, 0.3) is 0 Å². The number of carbonyl (C=O) groups excluding carboxylic acids is 2. The van der Waals surface area contributed by atoms with Gasteiger partial charge in [-0.2, -0.15) is 4.98 Å². The minimum atomic E-state index is -1.09. The number of carbonyl (C=O) groups is 2. The lowest BCUT2D eigenvalue weighted by molar-refractivity contribution is -0.133. The van der Waals surface area contributed by atoms with Gasteiger partial charge in [0.1, 0.15) is 12.3 Å². The summed E-state index contributed by atoms with van der Waals surface area (Å²) in [5, 5.41) is 6.71. The van der Waals surface area contributed by atoms with Crippen LogP contribution in [0.2, 0.25) is 0 Å². The third kappa shape index (κ3) is 2.36. The quantitative estimate of drug-likeness (QED) is 0.856. The molecule has 4 rings (SSSR count). The Morgan fingerprint density at radius 3 is 2.88 bits per heavy atom. The maximum atomic E-state index is 13.1. The lowest BCUT2D eigenvalue weighted by atomic mass is 9.84. The molecule has 0 saturated carbocycles. The Morgan fingerprint density at radius 2 is 2.12 bits per heavy atom. The second-order valence-electron chi connectivity index (χ2n) is 6.52. The topological polar surface area (TPSA) is 97.6 Å². The molecule has 1 aromatic heterocycles. The zero-order valence-corrected chi connectivity index (χ0v) is 14.0. The van der Waals surface area contributed by atoms with Crippen LogP contribution in [0.1, 0.15) is 43.5 Å². The van der Waals surface area contributed by atoms with Gasteiger partial charge in [-0.25, -0.2) is 4.79 Å². The number of amides is 3. The van der Waals surface area contributed by atoms with Gasteiger partial charge >= 0.3 is 6.03 Å². The highest BCUT2D eigenvalue weighted by Crippen LogP contribution is 2.41. The van der Waals surface area contributed by atoms with Crippen LogP contribution in [0.3, 0.4) is 0 Å². The highest BCUT2D eigenvalue weighted by atomic mass is 16.5. The molecular weight excluding hydrogens is 324 g/mol. The fourth-order valence-corrected chi connectivity index (χ4v) is 3.22.